The second-order valence-electron chi connectivity index (χ2n) is 7.04. The van der Waals surface area contributed by atoms with Crippen molar-refractivity contribution in [3.05, 3.63) is 63.6 Å². The van der Waals surface area contributed by atoms with E-state index in [2.05, 4.69) is 5.43 Å². The number of hydrogen-bond acceptors (Lipinski definition) is 2. The summed E-state index contributed by atoms with van der Waals surface area (Å²) in [4.78, 5) is 26.4. The van der Waals surface area contributed by atoms with Crippen LogP contribution in [-0.4, -0.2) is 29.5 Å². The van der Waals surface area contributed by atoms with Gasteiger partial charge in [0.15, 0.2) is 0 Å². The standard InChI is InChI=1S/C19H19Cl2F2N3O2/c1-19(2,3)26(17(27)11-7-12(20)9-13(21)8-11)24-18(28)25(4)16-10-14(22)5-6-15(16)23/h5-10H,1-4H3,(H,24,28). The molecular weight excluding hydrogens is 411 g/mol. The summed E-state index contributed by atoms with van der Waals surface area (Å²) in [5, 5.41) is 1.59. The number of hydrogen-bond donors (Lipinski definition) is 1. The number of nitrogens with one attached hydrogen (secondary N) is 1. The molecule has 0 spiro atoms. The molecule has 2 aromatic rings. The zero-order chi connectivity index (χ0) is 21.2. The molecule has 0 bridgehead atoms. The average molecular weight is 430 g/mol. The Morgan fingerprint density at radius 1 is 1.00 bits per heavy atom. The highest BCUT2D eigenvalue weighted by atomic mass is 35.5. The first-order chi connectivity index (χ1) is 12.9. The van der Waals surface area contributed by atoms with Crippen LogP contribution in [0.15, 0.2) is 36.4 Å². The normalized spacial score (nSPS) is 11.1. The molecule has 150 valence electrons. The van der Waals surface area contributed by atoms with Gasteiger partial charge >= 0.3 is 6.03 Å². The summed E-state index contributed by atoms with van der Waals surface area (Å²) in [5.74, 6) is -2.05. The van der Waals surface area contributed by atoms with E-state index in [-0.39, 0.29) is 21.3 Å². The van der Waals surface area contributed by atoms with Crippen molar-refractivity contribution < 1.29 is 18.4 Å². The number of carbonyl (C=O) groups excluding carboxylic acids is 2. The Morgan fingerprint density at radius 2 is 1.57 bits per heavy atom. The van der Waals surface area contributed by atoms with Crippen LogP contribution < -0.4 is 10.3 Å². The highest BCUT2D eigenvalue weighted by Crippen LogP contribution is 2.23. The molecule has 0 fully saturated rings. The maximum Gasteiger partial charge on any atom is 0.340 e. The fourth-order valence-corrected chi connectivity index (χ4v) is 2.88. The van der Waals surface area contributed by atoms with Crippen molar-refractivity contribution in [3.63, 3.8) is 0 Å². The van der Waals surface area contributed by atoms with E-state index in [1.807, 2.05) is 0 Å². The maximum absolute atomic E-state index is 14.0. The molecule has 2 aromatic carbocycles. The number of urea groups is 1. The number of carbonyl (C=O) groups is 2. The van der Waals surface area contributed by atoms with Gasteiger partial charge in [0.1, 0.15) is 11.6 Å². The minimum absolute atomic E-state index is 0.160. The van der Waals surface area contributed by atoms with Gasteiger partial charge in [0.05, 0.1) is 11.2 Å². The first-order valence-corrected chi connectivity index (χ1v) is 8.96. The molecule has 1 N–H and O–H groups in total. The van der Waals surface area contributed by atoms with Crippen molar-refractivity contribution in [2.75, 3.05) is 11.9 Å². The topological polar surface area (TPSA) is 52.7 Å². The summed E-state index contributed by atoms with van der Waals surface area (Å²) < 4.78 is 27.4. The third kappa shape index (κ3) is 5.11. The lowest BCUT2D eigenvalue weighted by atomic mass is 10.1. The van der Waals surface area contributed by atoms with Crippen LogP contribution in [0.3, 0.4) is 0 Å². The first kappa shape index (κ1) is 21.9. The SMILES string of the molecule is CN(C(=O)NN(C(=O)c1cc(Cl)cc(Cl)c1)C(C)(C)C)c1cc(F)ccc1F. The van der Waals surface area contributed by atoms with E-state index in [1.165, 1.54) is 25.2 Å². The lowest BCUT2D eigenvalue weighted by molar-refractivity contribution is 0.0456. The van der Waals surface area contributed by atoms with Gasteiger partial charge in [0.2, 0.25) is 0 Å². The number of halogens is 4. The second kappa shape index (κ2) is 8.32. The van der Waals surface area contributed by atoms with Crippen LogP contribution in [0.5, 0.6) is 0 Å². The summed E-state index contributed by atoms with van der Waals surface area (Å²) in [7, 11) is 1.26. The van der Waals surface area contributed by atoms with E-state index < -0.39 is 29.1 Å². The predicted octanol–water partition coefficient (Wildman–Crippen LogP) is 5.27. The second-order valence-corrected chi connectivity index (χ2v) is 7.91. The molecule has 0 aliphatic carbocycles. The number of anilines is 1. The van der Waals surface area contributed by atoms with Crippen molar-refractivity contribution in [3.8, 4) is 0 Å². The Morgan fingerprint density at radius 3 is 2.11 bits per heavy atom. The smallest absolute Gasteiger partial charge is 0.293 e. The van der Waals surface area contributed by atoms with E-state index in [9.17, 15) is 18.4 Å². The number of benzene rings is 2. The Bertz CT molecular complexity index is 896. The van der Waals surface area contributed by atoms with Crippen LogP contribution in [0.4, 0.5) is 19.3 Å². The van der Waals surface area contributed by atoms with Crippen molar-refractivity contribution in [1.29, 1.82) is 0 Å². The van der Waals surface area contributed by atoms with Crippen LogP contribution in [0.25, 0.3) is 0 Å². The number of nitrogens with zero attached hydrogens (tertiary/aromatic N) is 2. The highest BCUT2D eigenvalue weighted by molar-refractivity contribution is 6.35. The molecule has 0 unspecified atom stereocenters. The Hall–Kier alpha value is -2.38. The van der Waals surface area contributed by atoms with E-state index in [0.29, 0.717) is 0 Å². The van der Waals surface area contributed by atoms with Crippen molar-refractivity contribution in [2.45, 2.75) is 26.3 Å². The molecule has 0 radical (unpaired) electrons. The third-order valence-electron chi connectivity index (χ3n) is 3.77. The van der Waals surface area contributed by atoms with Crippen molar-refractivity contribution in [2.24, 2.45) is 0 Å². The van der Waals surface area contributed by atoms with E-state index >= 15 is 0 Å². The minimum atomic E-state index is -0.844. The Kier molecular flexibility index (Phi) is 6.52. The zero-order valence-electron chi connectivity index (χ0n) is 15.7. The van der Waals surface area contributed by atoms with Gasteiger partial charge in [0.25, 0.3) is 5.91 Å². The summed E-state index contributed by atoms with van der Waals surface area (Å²) in [6.07, 6.45) is 0. The van der Waals surface area contributed by atoms with Gasteiger partial charge in [-0.05, 0) is 51.1 Å². The molecule has 2 rings (SSSR count). The number of rotatable bonds is 2. The highest BCUT2D eigenvalue weighted by Gasteiger charge is 2.31. The fourth-order valence-electron chi connectivity index (χ4n) is 2.35. The maximum atomic E-state index is 14.0. The number of amides is 3. The van der Waals surface area contributed by atoms with Crippen LogP contribution in [0.1, 0.15) is 31.1 Å². The molecule has 0 aliphatic heterocycles. The molecule has 5 nitrogen and oxygen atoms in total. The van der Waals surface area contributed by atoms with Gasteiger partial charge in [-0.3, -0.25) is 9.69 Å². The molecule has 0 atom stereocenters. The molecule has 0 saturated carbocycles. The van der Waals surface area contributed by atoms with Gasteiger partial charge < -0.3 is 0 Å². The van der Waals surface area contributed by atoms with E-state index in [4.69, 9.17) is 23.2 Å². The Balaban J connectivity index is 2.32. The first-order valence-electron chi connectivity index (χ1n) is 8.20. The van der Waals surface area contributed by atoms with Crippen molar-refractivity contribution >= 4 is 40.8 Å². The Labute approximate surface area is 171 Å². The lowest BCUT2D eigenvalue weighted by Gasteiger charge is -2.36. The molecule has 0 saturated heterocycles. The van der Waals surface area contributed by atoms with Gasteiger partial charge in [-0.2, -0.15) is 0 Å². The average Bonchev–Trinajstić information content (AvgIpc) is 2.58. The number of hydrazine groups is 1. The van der Waals surface area contributed by atoms with E-state index in [0.717, 1.165) is 28.1 Å². The monoisotopic (exact) mass is 429 g/mol. The van der Waals surface area contributed by atoms with Crippen LogP contribution >= 0.6 is 23.2 Å². The molecule has 0 aromatic heterocycles. The quantitative estimate of drug-likeness (QED) is 0.660. The molecule has 9 heteroatoms. The predicted molar refractivity (Wildman–Crippen MR) is 106 cm³/mol. The van der Waals surface area contributed by atoms with Gasteiger partial charge in [-0.25, -0.2) is 24.0 Å². The van der Waals surface area contributed by atoms with Gasteiger partial charge in [0, 0.05) is 28.7 Å². The fraction of sp³-hybridized carbons (Fsp3) is 0.263. The summed E-state index contributed by atoms with van der Waals surface area (Å²) in [5.41, 5.74) is 1.48. The van der Waals surface area contributed by atoms with Gasteiger partial charge in [-0.1, -0.05) is 23.2 Å². The summed E-state index contributed by atoms with van der Waals surface area (Å²) in [6, 6.07) is 6.21. The lowest BCUT2D eigenvalue weighted by Crippen LogP contribution is -2.58. The molecule has 3 amide bonds. The van der Waals surface area contributed by atoms with Crippen molar-refractivity contribution in [1.82, 2.24) is 10.4 Å². The van der Waals surface area contributed by atoms with E-state index in [1.54, 1.807) is 20.8 Å². The molecule has 0 aliphatic rings. The molecule has 0 heterocycles. The summed E-state index contributed by atoms with van der Waals surface area (Å²) >= 11 is 11.9. The van der Waals surface area contributed by atoms with Crippen LogP contribution in [-0.2, 0) is 0 Å². The zero-order valence-corrected chi connectivity index (χ0v) is 17.2. The van der Waals surface area contributed by atoms with Crippen LogP contribution in [0, 0.1) is 11.6 Å². The third-order valence-corrected chi connectivity index (χ3v) is 4.20. The van der Waals surface area contributed by atoms with Crippen LogP contribution in [0.2, 0.25) is 10.0 Å². The molecule has 28 heavy (non-hydrogen) atoms. The van der Waals surface area contributed by atoms with Gasteiger partial charge in [-0.15, -0.1) is 0 Å². The molecular formula is C19H19Cl2F2N3O2. The minimum Gasteiger partial charge on any atom is -0.293 e. The summed E-state index contributed by atoms with van der Waals surface area (Å²) in [6.45, 7) is 5.08. The largest absolute Gasteiger partial charge is 0.340 e.